The second kappa shape index (κ2) is 11.4. The van der Waals surface area contributed by atoms with Crippen molar-refractivity contribution in [2.45, 2.75) is 20.0 Å². The van der Waals surface area contributed by atoms with Gasteiger partial charge in [0.25, 0.3) is 11.1 Å². The molecule has 1 saturated heterocycles. The van der Waals surface area contributed by atoms with Gasteiger partial charge in [0, 0.05) is 25.8 Å². The molecule has 9 heteroatoms. The number of rotatable bonds is 10. The third-order valence-electron chi connectivity index (χ3n) is 4.56. The van der Waals surface area contributed by atoms with Gasteiger partial charge >= 0.3 is 0 Å². The van der Waals surface area contributed by atoms with E-state index in [0.717, 1.165) is 11.8 Å². The van der Waals surface area contributed by atoms with E-state index in [0.29, 0.717) is 48.0 Å². The quantitative estimate of drug-likeness (QED) is 0.330. The van der Waals surface area contributed by atoms with Crippen molar-refractivity contribution in [1.82, 2.24) is 4.90 Å². The van der Waals surface area contributed by atoms with Gasteiger partial charge in [0.05, 0.1) is 16.5 Å². The van der Waals surface area contributed by atoms with Crippen molar-refractivity contribution in [3.63, 3.8) is 0 Å². The summed E-state index contributed by atoms with van der Waals surface area (Å²) >= 11 is 7.30. The van der Waals surface area contributed by atoms with E-state index in [1.165, 1.54) is 11.0 Å². The first-order chi connectivity index (χ1) is 15.4. The minimum Gasteiger partial charge on any atom is -0.490 e. The number of carbonyl (C=O) groups excluding carboxylic acids is 2. The van der Waals surface area contributed by atoms with E-state index in [4.69, 9.17) is 25.8 Å². The Kier molecular flexibility index (Phi) is 8.55. The van der Waals surface area contributed by atoms with E-state index in [1.807, 2.05) is 6.92 Å². The van der Waals surface area contributed by atoms with Crippen molar-refractivity contribution in [1.29, 1.82) is 0 Å². The molecule has 0 N–H and O–H groups in total. The topological polar surface area (TPSA) is 65.1 Å². The zero-order valence-electron chi connectivity index (χ0n) is 17.7. The zero-order valence-corrected chi connectivity index (χ0v) is 19.3. The molecular formula is C23H23ClFNO5S. The Morgan fingerprint density at radius 3 is 2.69 bits per heavy atom. The maximum Gasteiger partial charge on any atom is 0.293 e. The van der Waals surface area contributed by atoms with Gasteiger partial charge in [-0.3, -0.25) is 14.5 Å². The Labute approximate surface area is 195 Å². The minimum atomic E-state index is -0.376. The second-order valence-corrected chi connectivity index (χ2v) is 8.22. The van der Waals surface area contributed by atoms with Crippen LogP contribution in [0.25, 0.3) is 6.08 Å². The second-order valence-electron chi connectivity index (χ2n) is 6.82. The lowest BCUT2D eigenvalue weighted by molar-refractivity contribution is -0.122. The van der Waals surface area contributed by atoms with Crippen molar-refractivity contribution in [3.8, 4) is 11.5 Å². The van der Waals surface area contributed by atoms with Crippen LogP contribution in [-0.4, -0.2) is 42.9 Å². The number of ether oxygens (including phenoxy) is 3. The van der Waals surface area contributed by atoms with Crippen LogP contribution in [0.1, 0.15) is 24.5 Å². The van der Waals surface area contributed by atoms with E-state index in [2.05, 4.69) is 0 Å². The van der Waals surface area contributed by atoms with Gasteiger partial charge in [-0.15, -0.1) is 0 Å². The molecule has 0 radical (unpaired) electrons. The van der Waals surface area contributed by atoms with Crippen LogP contribution in [0.15, 0.2) is 41.3 Å². The number of methoxy groups -OCH3 is 1. The lowest BCUT2D eigenvalue weighted by atomic mass is 10.1. The van der Waals surface area contributed by atoms with Crippen LogP contribution in [0.5, 0.6) is 11.5 Å². The molecule has 2 amide bonds. The monoisotopic (exact) mass is 479 g/mol. The van der Waals surface area contributed by atoms with Gasteiger partial charge < -0.3 is 14.2 Å². The number of nitrogens with zero attached hydrogens (tertiary/aromatic N) is 1. The number of carbonyl (C=O) groups is 2. The number of hydrogen-bond donors (Lipinski definition) is 0. The molecule has 32 heavy (non-hydrogen) atoms. The molecule has 2 aromatic carbocycles. The van der Waals surface area contributed by atoms with Gasteiger partial charge in [-0.2, -0.15) is 0 Å². The maximum absolute atomic E-state index is 13.9. The highest BCUT2D eigenvalue weighted by Crippen LogP contribution is 2.39. The van der Waals surface area contributed by atoms with Crippen molar-refractivity contribution in [2.24, 2.45) is 0 Å². The van der Waals surface area contributed by atoms with Gasteiger partial charge in [-0.25, -0.2) is 4.39 Å². The van der Waals surface area contributed by atoms with Gasteiger partial charge in [0.15, 0.2) is 11.5 Å². The molecule has 0 aliphatic carbocycles. The molecule has 1 aliphatic rings. The molecule has 6 nitrogen and oxygen atoms in total. The van der Waals surface area contributed by atoms with Gasteiger partial charge in [-0.1, -0.05) is 29.8 Å². The fourth-order valence-electron chi connectivity index (χ4n) is 3.05. The maximum atomic E-state index is 13.9. The third-order valence-corrected chi connectivity index (χ3v) is 5.75. The summed E-state index contributed by atoms with van der Waals surface area (Å²) in [5.74, 6) is -0.0898. The van der Waals surface area contributed by atoms with Gasteiger partial charge in [-0.05, 0) is 54.9 Å². The normalized spacial score (nSPS) is 15.0. The summed E-state index contributed by atoms with van der Waals surface area (Å²) in [5.41, 5.74) is 0.969. The summed E-state index contributed by atoms with van der Waals surface area (Å²) in [7, 11) is 1.57. The lowest BCUT2D eigenvalue weighted by Crippen LogP contribution is -2.29. The Bertz CT molecular complexity index is 1030. The molecule has 1 heterocycles. The van der Waals surface area contributed by atoms with E-state index >= 15 is 0 Å². The predicted molar refractivity (Wildman–Crippen MR) is 123 cm³/mol. The number of thioether (sulfide) groups is 1. The first kappa shape index (κ1) is 24.1. The Balaban J connectivity index is 1.81. The number of imide groups is 1. The summed E-state index contributed by atoms with van der Waals surface area (Å²) in [5, 5.41) is -0.0730. The van der Waals surface area contributed by atoms with Crippen LogP contribution >= 0.6 is 23.4 Å². The first-order valence-corrected chi connectivity index (χ1v) is 11.2. The summed E-state index contributed by atoms with van der Waals surface area (Å²) in [6.07, 6.45) is 2.16. The highest BCUT2D eigenvalue weighted by molar-refractivity contribution is 8.18. The highest BCUT2D eigenvalue weighted by atomic mass is 35.5. The summed E-state index contributed by atoms with van der Waals surface area (Å²) in [6.45, 7) is 2.90. The molecule has 2 aromatic rings. The van der Waals surface area contributed by atoms with Crippen molar-refractivity contribution in [2.75, 3.05) is 26.9 Å². The Morgan fingerprint density at radius 1 is 1.19 bits per heavy atom. The van der Waals surface area contributed by atoms with Crippen LogP contribution in [0.4, 0.5) is 9.18 Å². The SMILES string of the molecule is CCOc1cc(/C=C2/SC(=O)N(CCCOC)C2=O)cc(Cl)c1OCc1ccccc1F. The van der Waals surface area contributed by atoms with Gasteiger partial charge in [0.1, 0.15) is 12.4 Å². The molecule has 3 rings (SSSR count). The average Bonchev–Trinajstić information content (AvgIpc) is 3.02. The fraction of sp³-hybridized carbons (Fsp3) is 0.304. The average molecular weight is 480 g/mol. The minimum absolute atomic E-state index is 0.0216. The Morgan fingerprint density at radius 2 is 1.97 bits per heavy atom. The molecule has 0 atom stereocenters. The van der Waals surface area contributed by atoms with Crippen LogP contribution < -0.4 is 9.47 Å². The molecule has 0 unspecified atom stereocenters. The number of hydrogen-bond acceptors (Lipinski definition) is 6. The van der Waals surface area contributed by atoms with Gasteiger partial charge in [0.2, 0.25) is 0 Å². The van der Waals surface area contributed by atoms with Crippen molar-refractivity contribution in [3.05, 3.63) is 63.3 Å². The molecular weight excluding hydrogens is 457 g/mol. The number of benzene rings is 2. The van der Waals surface area contributed by atoms with Crippen LogP contribution in [0.2, 0.25) is 5.02 Å². The molecule has 0 bridgehead atoms. The predicted octanol–water partition coefficient (Wildman–Crippen LogP) is 5.53. The third kappa shape index (κ3) is 5.82. The largest absolute Gasteiger partial charge is 0.490 e. The molecule has 1 fully saturated rings. The van der Waals surface area contributed by atoms with Crippen LogP contribution in [0.3, 0.4) is 0 Å². The van der Waals surface area contributed by atoms with Crippen molar-refractivity contribution < 1.29 is 28.2 Å². The van der Waals surface area contributed by atoms with E-state index in [1.54, 1.807) is 43.5 Å². The molecule has 0 spiro atoms. The first-order valence-electron chi connectivity index (χ1n) is 10.0. The fourth-order valence-corrected chi connectivity index (χ4v) is 4.19. The molecule has 1 aliphatic heterocycles. The van der Waals surface area contributed by atoms with Crippen LogP contribution in [-0.2, 0) is 16.1 Å². The Hall–Kier alpha value is -2.55. The lowest BCUT2D eigenvalue weighted by Gasteiger charge is -2.15. The molecule has 0 aromatic heterocycles. The standard InChI is InChI=1S/C23H23ClFNO5S/c1-3-30-19-12-15(13-20-22(27)26(23(28)32-20)9-6-10-29-2)11-17(24)21(19)31-14-16-7-4-5-8-18(16)25/h4-5,7-8,11-13H,3,6,9-10,14H2,1-2H3/b20-13+. The summed E-state index contributed by atoms with van der Waals surface area (Å²) in [4.78, 5) is 26.3. The van der Waals surface area contributed by atoms with E-state index < -0.39 is 0 Å². The highest BCUT2D eigenvalue weighted by Gasteiger charge is 2.34. The molecule has 0 saturated carbocycles. The van der Waals surface area contributed by atoms with Crippen LogP contribution in [0, 0.1) is 5.82 Å². The smallest absolute Gasteiger partial charge is 0.293 e. The van der Waals surface area contributed by atoms with E-state index in [9.17, 15) is 14.0 Å². The summed E-state index contributed by atoms with van der Waals surface area (Å²) < 4.78 is 30.3. The van der Waals surface area contributed by atoms with E-state index in [-0.39, 0.29) is 34.3 Å². The number of halogens is 2. The molecule has 170 valence electrons. The van der Waals surface area contributed by atoms with Crippen molar-refractivity contribution >= 4 is 40.6 Å². The number of amides is 2. The zero-order chi connectivity index (χ0) is 23.1. The summed E-state index contributed by atoms with van der Waals surface area (Å²) in [6, 6.07) is 9.59.